The number of amides is 1. The number of benzene rings is 1. The number of carbonyl (C=O) groups is 1. The molecule has 1 amide bonds. The molecule has 21 heavy (non-hydrogen) atoms. The quantitative estimate of drug-likeness (QED) is 0.819. The molecule has 1 fully saturated rings. The molecule has 0 spiro atoms. The molecule has 0 radical (unpaired) electrons. The number of fused-ring (bicyclic) bond motifs is 3. The molecule has 1 aromatic carbocycles. The van der Waals surface area contributed by atoms with Crippen LogP contribution in [0.5, 0.6) is 0 Å². The van der Waals surface area contributed by atoms with Crippen LogP contribution in [0.15, 0.2) is 35.1 Å². The highest BCUT2D eigenvalue weighted by molar-refractivity contribution is 9.10. The van der Waals surface area contributed by atoms with Gasteiger partial charge in [0.05, 0.1) is 11.6 Å². The van der Waals surface area contributed by atoms with Gasteiger partial charge in [-0.15, -0.1) is 0 Å². The molecule has 2 heterocycles. The number of anilines is 1. The summed E-state index contributed by atoms with van der Waals surface area (Å²) in [5.41, 5.74) is 2.21. The number of aromatic nitrogens is 2. The summed E-state index contributed by atoms with van der Waals surface area (Å²) in [4.78, 5) is 22.7. The van der Waals surface area contributed by atoms with Gasteiger partial charge >= 0.3 is 0 Å². The maximum Gasteiger partial charge on any atom is 0.231 e. The van der Waals surface area contributed by atoms with E-state index in [0.29, 0.717) is 23.3 Å². The normalized spacial score (nSPS) is 22.8. The van der Waals surface area contributed by atoms with Crippen molar-refractivity contribution >= 4 is 39.1 Å². The smallest absolute Gasteiger partial charge is 0.231 e. The van der Waals surface area contributed by atoms with E-state index in [1.54, 1.807) is 17.3 Å². The summed E-state index contributed by atoms with van der Waals surface area (Å²) in [7, 11) is 0. The second kappa shape index (κ2) is 4.78. The Balaban J connectivity index is 1.72. The van der Waals surface area contributed by atoms with Crippen molar-refractivity contribution in [3.63, 3.8) is 0 Å². The summed E-state index contributed by atoms with van der Waals surface area (Å²) in [5.74, 6) is 1.28. The SMILES string of the molecule is O=C1C2CC2c2cc(Br)ccc2N1Cc1ncc(Cl)cn1. The van der Waals surface area contributed by atoms with E-state index >= 15 is 0 Å². The lowest BCUT2D eigenvalue weighted by Crippen LogP contribution is -2.35. The lowest BCUT2D eigenvalue weighted by molar-refractivity contribution is -0.120. The van der Waals surface area contributed by atoms with Gasteiger partial charge < -0.3 is 4.90 Å². The molecule has 0 saturated heterocycles. The van der Waals surface area contributed by atoms with Gasteiger partial charge in [0.1, 0.15) is 5.82 Å². The first-order valence-corrected chi connectivity index (χ1v) is 7.88. The number of nitrogens with zero attached hydrogens (tertiary/aromatic N) is 3. The first kappa shape index (κ1) is 13.2. The van der Waals surface area contributed by atoms with Crippen molar-refractivity contribution in [2.75, 3.05) is 4.90 Å². The number of halogens is 2. The van der Waals surface area contributed by atoms with Crippen LogP contribution >= 0.6 is 27.5 Å². The first-order chi connectivity index (χ1) is 10.1. The van der Waals surface area contributed by atoms with E-state index in [0.717, 1.165) is 16.6 Å². The van der Waals surface area contributed by atoms with Crippen LogP contribution in [0.25, 0.3) is 0 Å². The van der Waals surface area contributed by atoms with Crippen molar-refractivity contribution in [1.82, 2.24) is 9.97 Å². The molecule has 4 rings (SSSR count). The van der Waals surface area contributed by atoms with Crippen LogP contribution in [0.1, 0.15) is 23.7 Å². The Hall–Kier alpha value is -1.46. The predicted octanol–water partition coefficient (Wildman–Crippen LogP) is 3.54. The Kier molecular flexibility index (Phi) is 3.01. The zero-order valence-electron chi connectivity index (χ0n) is 11.0. The van der Waals surface area contributed by atoms with Crippen LogP contribution in [0.2, 0.25) is 5.02 Å². The fourth-order valence-electron chi connectivity index (χ4n) is 2.92. The summed E-state index contributed by atoms with van der Waals surface area (Å²) in [6, 6.07) is 6.06. The summed E-state index contributed by atoms with van der Waals surface area (Å²) in [5, 5.41) is 0.496. The minimum absolute atomic E-state index is 0.124. The van der Waals surface area contributed by atoms with E-state index in [2.05, 4.69) is 32.0 Å². The third-order valence-corrected chi connectivity index (χ3v) is 4.72. The third-order valence-electron chi connectivity index (χ3n) is 4.03. The molecule has 1 aliphatic carbocycles. The number of rotatable bonds is 2. The minimum atomic E-state index is 0.124. The molecule has 2 atom stereocenters. The Morgan fingerprint density at radius 1 is 1.29 bits per heavy atom. The standard InChI is InChI=1S/C15H11BrClN3O/c16-8-1-2-13-11(3-8)10-4-12(10)15(21)20(13)7-14-18-5-9(17)6-19-14/h1-3,5-6,10,12H,4,7H2. The van der Waals surface area contributed by atoms with Crippen molar-refractivity contribution in [2.45, 2.75) is 18.9 Å². The molecule has 0 N–H and O–H groups in total. The average molecular weight is 365 g/mol. The minimum Gasteiger partial charge on any atom is -0.304 e. The van der Waals surface area contributed by atoms with Gasteiger partial charge in [-0.3, -0.25) is 4.79 Å². The monoisotopic (exact) mass is 363 g/mol. The summed E-state index contributed by atoms with van der Waals surface area (Å²) in [6.45, 7) is 0.383. The van der Waals surface area contributed by atoms with Crippen LogP contribution < -0.4 is 4.90 Å². The highest BCUT2D eigenvalue weighted by Gasteiger charge is 2.51. The van der Waals surface area contributed by atoms with Gasteiger partial charge in [-0.2, -0.15) is 0 Å². The molecule has 2 unspecified atom stereocenters. The molecule has 106 valence electrons. The van der Waals surface area contributed by atoms with Gasteiger partial charge in [0.25, 0.3) is 0 Å². The van der Waals surface area contributed by atoms with E-state index in [4.69, 9.17) is 11.6 Å². The lowest BCUT2D eigenvalue weighted by Gasteiger charge is -2.28. The Bertz CT molecular complexity index is 734. The van der Waals surface area contributed by atoms with Crippen molar-refractivity contribution < 1.29 is 4.79 Å². The number of carbonyl (C=O) groups excluding carboxylic acids is 1. The summed E-state index contributed by atoms with van der Waals surface area (Å²) < 4.78 is 1.05. The zero-order chi connectivity index (χ0) is 14.6. The molecule has 4 nitrogen and oxygen atoms in total. The number of hydrogen-bond donors (Lipinski definition) is 0. The van der Waals surface area contributed by atoms with Gasteiger partial charge in [0, 0.05) is 28.5 Å². The van der Waals surface area contributed by atoms with Gasteiger partial charge in [-0.25, -0.2) is 9.97 Å². The topological polar surface area (TPSA) is 46.1 Å². The van der Waals surface area contributed by atoms with E-state index < -0.39 is 0 Å². The van der Waals surface area contributed by atoms with Gasteiger partial charge in [0.2, 0.25) is 5.91 Å². The van der Waals surface area contributed by atoms with Crippen molar-refractivity contribution in [1.29, 1.82) is 0 Å². The van der Waals surface area contributed by atoms with E-state index in [-0.39, 0.29) is 11.8 Å². The molecule has 6 heteroatoms. The molecule has 1 saturated carbocycles. The van der Waals surface area contributed by atoms with Crippen molar-refractivity contribution in [2.24, 2.45) is 5.92 Å². The fourth-order valence-corrected chi connectivity index (χ4v) is 3.40. The fraction of sp³-hybridized carbons (Fsp3) is 0.267. The summed E-state index contributed by atoms with van der Waals surface area (Å²) in [6.07, 6.45) is 4.06. The number of hydrogen-bond acceptors (Lipinski definition) is 3. The first-order valence-electron chi connectivity index (χ1n) is 6.71. The summed E-state index contributed by atoms with van der Waals surface area (Å²) >= 11 is 9.30. The molecule has 1 aliphatic heterocycles. The van der Waals surface area contributed by atoms with Crippen molar-refractivity contribution in [3.8, 4) is 0 Å². The maximum absolute atomic E-state index is 12.5. The van der Waals surface area contributed by atoms with Crippen LogP contribution in [-0.4, -0.2) is 15.9 Å². The highest BCUT2D eigenvalue weighted by Crippen LogP contribution is 2.55. The van der Waals surface area contributed by atoms with Crippen LogP contribution in [0, 0.1) is 5.92 Å². The molecular weight excluding hydrogens is 354 g/mol. The molecule has 1 aromatic heterocycles. The Morgan fingerprint density at radius 2 is 2.05 bits per heavy atom. The van der Waals surface area contributed by atoms with E-state index in [1.165, 1.54) is 5.56 Å². The molecular formula is C15H11BrClN3O. The largest absolute Gasteiger partial charge is 0.304 e. The van der Waals surface area contributed by atoms with Crippen LogP contribution in [-0.2, 0) is 11.3 Å². The predicted molar refractivity (Wildman–Crippen MR) is 83.2 cm³/mol. The molecule has 0 bridgehead atoms. The lowest BCUT2D eigenvalue weighted by atomic mass is 10.0. The average Bonchev–Trinajstić information content (AvgIpc) is 3.26. The van der Waals surface area contributed by atoms with Gasteiger partial charge in [-0.05, 0) is 36.1 Å². The van der Waals surface area contributed by atoms with Crippen LogP contribution in [0.3, 0.4) is 0 Å². The van der Waals surface area contributed by atoms with Gasteiger partial charge in [0.15, 0.2) is 0 Å². The second-order valence-corrected chi connectivity index (χ2v) is 6.75. The third kappa shape index (κ3) is 2.24. The molecule has 2 aromatic rings. The van der Waals surface area contributed by atoms with Crippen molar-refractivity contribution in [3.05, 3.63) is 51.5 Å². The maximum atomic E-state index is 12.5. The van der Waals surface area contributed by atoms with E-state index in [9.17, 15) is 4.79 Å². The second-order valence-electron chi connectivity index (χ2n) is 5.39. The van der Waals surface area contributed by atoms with E-state index in [1.807, 2.05) is 12.1 Å². The van der Waals surface area contributed by atoms with Gasteiger partial charge in [-0.1, -0.05) is 27.5 Å². The highest BCUT2D eigenvalue weighted by atomic mass is 79.9. The Morgan fingerprint density at radius 3 is 2.81 bits per heavy atom. The molecule has 2 aliphatic rings. The Labute approximate surface area is 135 Å². The zero-order valence-corrected chi connectivity index (χ0v) is 13.3. The van der Waals surface area contributed by atoms with Crippen LogP contribution in [0.4, 0.5) is 5.69 Å².